The molecule has 0 bridgehead atoms. The van der Waals surface area contributed by atoms with Gasteiger partial charge in [-0.1, -0.05) is 0 Å². The van der Waals surface area contributed by atoms with Crippen molar-refractivity contribution < 1.29 is 9.18 Å². The van der Waals surface area contributed by atoms with E-state index in [0.29, 0.717) is 22.9 Å². The first-order chi connectivity index (χ1) is 5.81. The number of nitrogens with one attached hydrogen (secondary N) is 1. The van der Waals surface area contributed by atoms with Crippen LogP contribution >= 0.6 is 0 Å². The molecule has 0 atom stereocenters. The Balaban J connectivity index is 2.83. The minimum atomic E-state index is -0.440. The van der Waals surface area contributed by atoms with Gasteiger partial charge in [0.2, 0.25) is 0 Å². The number of nitrogens with zero attached hydrogens (tertiary/aromatic N) is 1. The van der Waals surface area contributed by atoms with Gasteiger partial charge in [0.05, 0.1) is 6.20 Å². The Morgan fingerprint density at radius 1 is 1.58 bits per heavy atom. The van der Waals surface area contributed by atoms with Crippen molar-refractivity contribution in [2.24, 2.45) is 0 Å². The van der Waals surface area contributed by atoms with E-state index in [2.05, 4.69) is 9.97 Å². The maximum absolute atomic E-state index is 12.6. The van der Waals surface area contributed by atoms with Gasteiger partial charge < -0.3 is 4.98 Å². The van der Waals surface area contributed by atoms with E-state index in [1.54, 1.807) is 0 Å². The highest BCUT2D eigenvalue weighted by molar-refractivity contribution is 5.95. The number of fused-ring (bicyclic) bond motifs is 1. The lowest BCUT2D eigenvalue weighted by Gasteiger charge is -1.89. The standard InChI is InChI=1S/C8H5FN2O/c9-6-1-7-5(4-12)2-10-8(7)11-3-6/h1-4H,(H,10,11). The second kappa shape index (κ2) is 2.41. The normalized spacial score (nSPS) is 10.4. The molecule has 1 N–H and O–H groups in total. The zero-order valence-corrected chi connectivity index (χ0v) is 6.04. The molecule has 0 radical (unpaired) electrons. The summed E-state index contributed by atoms with van der Waals surface area (Å²) in [6, 6.07) is 1.28. The molecule has 0 saturated heterocycles. The number of H-pyrrole nitrogens is 1. The van der Waals surface area contributed by atoms with Crippen LogP contribution in [0, 0.1) is 5.82 Å². The number of aldehydes is 1. The van der Waals surface area contributed by atoms with Crippen LogP contribution in [0.2, 0.25) is 0 Å². The number of rotatable bonds is 1. The van der Waals surface area contributed by atoms with Crippen LogP contribution in [0.3, 0.4) is 0 Å². The van der Waals surface area contributed by atoms with E-state index in [9.17, 15) is 9.18 Å². The van der Waals surface area contributed by atoms with Crippen LogP contribution in [-0.4, -0.2) is 16.3 Å². The van der Waals surface area contributed by atoms with Gasteiger partial charge in [-0.25, -0.2) is 9.37 Å². The zero-order valence-electron chi connectivity index (χ0n) is 6.04. The molecule has 0 aromatic carbocycles. The highest BCUT2D eigenvalue weighted by atomic mass is 19.1. The van der Waals surface area contributed by atoms with E-state index < -0.39 is 5.82 Å². The summed E-state index contributed by atoms with van der Waals surface area (Å²) >= 11 is 0. The molecule has 0 fully saturated rings. The van der Waals surface area contributed by atoms with Gasteiger partial charge in [-0.2, -0.15) is 0 Å². The number of hydrogen-bond acceptors (Lipinski definition) is 2. The number of pyridine rings is 1. The molecule has 2 aromatic rings. The Morgan fingerprint density at radius 3 is 3.17 bits per heavy atom. The summed E-state index contributed by atoms with van der Waals surface area (Å²) in [7, 11) is 0. The van der Waals surface area contributed by atoms with Crippen molar-refractivity contribution in [1.82, 2.24) is 9.97 Å². The largest absolute Gasteiger partial charge is 0.345 e. The van der Waals surface area contributed by atoms with Crippen LogP contribution in [-0.2, 0) is 0 Å². The highest BCUT2D eigenvalue weighted by Gasteiger charge is 2.03. The number of carbonyl (C=O) groups is 1. The molecule has 4 heteroatoms. The molecule has 12 heavy (non-hydrogen) atoms. The molecule has 0 saturated carbocycles. The monoisotopic (exact) mass is 164 g/mol. The average Bonchev–Trinajstić information content (AvgIpc) is 2.46. The summed E-state index contributed by atoms with van der Waals surface area (Å²) in [5, 5.41) is 0.519. The summed E-state index contributed by atoms with van der Waals surface area (Å²) < 4.78 is 12.6. The third-order valence-electron chi connectivity index (χ3n) is 1.66. The van der Waals surface area contributed by atoms with Gasteiger partial charge >= 0.3 is 0 Å². The third-order valence-corrected chi connectivity index (χ3v) is 1.66. The molecular formula is C8H5FN2O. The molecule has 0 amide bonds. The van der Waals surface area contributed by atoms with Crippen molar-refractivity contribution in [2.45, 2.75) is 0 Å². The lowest BCUT2D eigenvalue weighted by molar-refractivity contribution is 0.112. The van der Waals surface area contributed by atoms with E-state index >= 15 is 0 Å². The van der Waals surface area contributed by atoms with Crippen LogP contribution < -0.4 is 0 Å². The predicted molar refractivity (Wildman–Crippen MR) is 41.4 cm³/mol. The molecule has 0 unspecified atom stereocenters. The fourth-order valence-electron chi connectivity index (χ4n) is 1.10. The van der Waals surface area contributed by atoms with E-state index in [1.807, 2.05) is 0 Å². The smallest absolute Gasteiger partial charge is 0.152 e. The molecule has 2 heterocycles. The van der Waals surface area contributed by atoms with Crippen LogP contribution in [0.1, 0.15) is 10.4 Å². The Kier molecular flexibility index (Phi) is 1.40. The van der Waals surface area contributed by atoms with Gasteiger partial charge in [-0.3, -0.25) is 4.79 Å². The number of aromatic amines is 1. The number of hydrogen-bond donors (Lipinski definition) is 1. The summed E-state index contributed by atoms with van der Waals surface area (Å²) in [5.41, 5.74) is 0.954. The molecular weight excluding hydrogens is 159 g/mol. The van der Waals surface area contributed by atoms with Crippen LogP contribution in [0.25, 0.3) is 11.0 Å². The molecule has 0 aliphatic carbocycles. The van der Waals surface area contributed by atoms with Gasteiger partial charge in [0, 0.05) is 17.1 Å². The first-order valence-electron chi connectivity index (χ1n) is 3.39. The summed E-state index contributed by atoms with van der Waals surface area (Å²) in [6.07, 6.45) is 3.28. The molecule has 2 aromatic heterocycles. The Labute approximate surface area is 67.2 Å². The summed E-state index contributed by atoms with van der Waals surface area (Å²) in [6.45, 7) is 0. The molecule has 0 aliphatic heterocycles. The van der Waals surface area contributed by atoms with Crippen molar-refractivity contribution >= 4 is 17.3 Å². The van der Waals surface area contributed by atoms with Crippen LogP contribution in [0.15, 0.2) is 18.5 Å². The van der Waals surface area contributed by atoms with E-state index in [-0.39, 0.29) is 0 Å². The van der Waals surface area contributed by atoms with Crippen molar-refractivity contribution in [3.63, 3.8) is 0 Å². The minimum Gasteiger partial charge on any atom is -0.345 e. The number of carbonyl (C=O) groups excluding carboxylic acids is 1. The average molecular weight is 164 g/mol. The van der Waals surface area contributed by atoms with Crippen molar-refractivity contribution in [3.8, 4) is 0 Å². The lowest BCUT2D eigenvalue weighted by atomic mass is 10.2. The van der Waals surface area contributed by atoms with Crippen molar-refractivity contribution in [2.75, 3.05) is 0 Å². The Hall–Kier alpha value is -1.71. The second-order valence-electron chi connectivity index (χ2n) is 2.41. The first kappa shape index (κ1) is 6.97. The van der Waals surface area contributed by atoms with Gasteiger partial charge in [-0.15, -0.1) is 0 Å². The quantitative estimate of drug-likeness (QED) is 0.649. The van der Waals surface area contributed by atoms with E-state index in [4.69, 9.17) is 0 Å². The molecule has 3 nitrogen and oxygen atoms in total. The summed E-state index contributed by atoms with van der Waals surface area (Å²) in [4.78, 5) is 16.9. The van der Waals surface area contributed by atoms with Gasteiger partial charge in [-0.05, 0) is 6.07 Å². The third kappa shape index (κ3) is 0.887. The van der Waals surface area contributed by atoms with E-state index in [1.165, 1.54) is 12.3 Å². The van der Waals surface area contributed by atoms with Crippen LogP contribution in [0.5, 0.6) is 0 Å². The van der Waals surface area contributed by atoms with Gasteiger partial charge in [0.15, 0.2) is 6.29 Å². The maximum atomic E-state index is 12.6. The molecule has 2 rings (SSSR count). The minimum absolute atomic E-state index is 0.428. The van der Waals surface area contributed by atoms with Crippen molar-refractivity contribution in [3.05, 3.63) is 29.8 Å². The topological polar surface area (TPSA) is 45.8 Å². The summed E-state index contributed by atoms with van der Waals surface area (Å²) in [5.74, 6) is -0.440. The molecule has 0 aliphatic rings. The van der Waals surface area contributed by atoms with Gasteiger partial charge in [0.1, 0.15) is 11.5 Å². The maximum Gasteiger partial charge on any atom is 0.152 e. The van der Waals surface area contributed by atoms with Gasteiger partial charge in [0.25, 0.3) is 0 Å². The first-order valence-corrected chi connectivity index (χ1v) is 3.39. The lowest BCUT2D eigenvalue weighted by Crippen LogP contribution is -1.80. The highest BCUT2D eigenvalue weighted by Crippen LogP contribution is 2.14. The Bertz CT molecular complexity index is 436. The molecule has 0 spiro atoms. The van der Waals surface area contributed by atoms with E-state index in [0.717, 1.165) is 6.20 Å². The number of aromatic nitrogens is 2. The molecule has 60 valence electrons. The fourth-order valence-corrected chi connectivity index (χ4v) is 1.10. The van der Waals surface area contributed by atoms with Crippen molar-refractivity contribution in [1.29, 1.82) is 0 Å². The Morgan fingerprint density at radius 2 is 2.42 bits per heavy atom. The number of halogens is 1. The van der Waals surface area contributed by atoms with Crippen LogP contribution in [0.4, 0.5) is 4.39 Å². The zero-order chi connectivity index (χ0) is 8.55. The predicted octanol–water partition coefficient (Wildman–Crippen LogP) is 1.51. The SMILES string of the molecule is O=Cc1c[nH]c2ncc(F)cc12. The fraction of sp³-hybridized carbons (Fsp3) is 0. The second-order valence-corrected chi connectivity index (χ2v) is 2.41.